The van der Waals surface area contributed by atoms with Gasteiger partial charge in [0.05, 0.1) is 0 Å². The van der Waals surface area contributed by atoms with Gasteiger partial charge in [-0.2, -0.15) is 0 Å². The second-order valence-corrected chi connectivity index (χ2v) is 4.81. The van der Waals surface area contributed by atoms with Crippen molar-refractivity contribution in [1.82, 2.24) is 4.90 Å². The van der Waals surface area contributed by atoms with Crippen LogP contribution in [-0.4, -0.2) is 24.0 Å². The van der Waals surface area contributed by atoms with Crippen LogP contribution in [0.25, 0.3) is 0 Å². The Bertz CT molecular complexity index is 333. The van der Waals surface area contributed by atoms with E-state index >= 15 is 0 Å². The Kier molecular flexibility index (Phi) is 2.81. The molecule has 1 aromatic carbocycles. The van der Waals surface area contributed by atoms with Crippen molar-refractivity contribution in [2.24, 2.45) is 5.73 Å². The lowest BCUT2D eigenvalue weighted by molar-refractivity contribution is 0.103. The molecule has 0 radical (unpaired) electrons. The van der Waals surface area contributed by atoms with Crippen molar-refractivity contribution in [2.75, 3.05) is 13.1 Å². The third-order valence-corrected chi connectivity index (χ3v) is 3.21. The number of rotatable bonds is 2. The normalized spacial score (nSPS) is 20.0. The Morgan fingerprint density at radius 1 is 1.20 bits per heavy atom. The van der Waals surface area contributed by atoms with Crippen LogP contribution in [0.15, 0.2) is 18.2 Å². The fourth-order valence-corrected chi connectivity index (χ4v) is 2.33. The molecule has 1 aromatic rings. The fraction of sp³-hybridized carbons (Fsp3) is 0.538. The molecular formula is C13H20N2. The summed E-state index contributed by atoms with van der Waals surface area (Å²) >= 11 is 0. The molecule has 1 unspecified atom stereocenters. The largest absolute Gasteiger partial charge is 0.325 e. The Morgan fingerprint density at radius 2 is 1.73 bits per heavy atom. The Balaban J connectivity index is 2.14. The number of nitrogens with two attached hydrogens (primary N) is 1. The van der Waals surface area contributed by atoms with Crippen molar-refractivity contribution in [1.29, 1.82) is 0 Å². The first-order valence-electron chi connectivity index (χ1n) is 5.64. The molecule has 0 amide bonds. The summed E-state index contributed by atoms with van der Waals surface area (Å²) in [6.45, 7) is 8.65. The van der Waals surface area contributed by atoms with Gasteiger partial charge in [-0.3, -0.25) is 4.90 Å². The van der Waals surface area contributed by atoms with Crippen LogP contribution in [0.2, 0.25) is 0 Å². The molecule has 1 saturated heterocycles. The van der Waals surface area contributed by atoms with Crippen molar-refractivity contribution in [3.8, 4) is 0 Å². The molecule has 1 aliphatic rings. The second kappa shape index (κ2) is 3.95. The molecule has 0 bridgehead atoms. The molecule has 0 spiro atoms. The molecular weight excluding hydrogens is 184 g/mol. The molecule has 1 atom stereocenters. The molecule has 0 aromatic heterocycles. The van der Waals surface area contributed by atoms with Crippen LogP contribution >= 0.6 is 0 Å². The van der Waals surface area contributed by atoms with Gasteiger partial charge in [0.15, 0.2) is 0 Å². The summed E-state index contributed by atoms with van der Waals surface area (Å²) in [5, 5.41) is 0. The van der Waals surface area contributed by atoms with E-state index in [-0.39, 0.29) is 0 Å². The third-order valence-electron chi connectivity index (χ3n) is 3.21. The van der Waals surface area contributed by atoms with Crippen molar-refractivity contribution in [3.05, 3.63) is 34.9 Å². The van der Waals surface area contributed by atoms with E-state index < -0.39 is 0 Å². The quantitative estimate of drug-likeness (QED) is 0.798. The van der Waals surface area contributed by atoms with Gasteiger partial charge >= 0.3 is 0 Å². The highest BCUT2D eigenvalue weighted by atomic mass is 15.2. The zero-order valence-corrected chi connectivity index (χ0v) is 9.83. The van der Waals surface area contributed by atoms with Crippen LogP contribution in [-0.2, 0) is 0 Å². The van der Waals surface area contributed by atoms with Gasteiger partial charge in [-0.05, 0) is 26.3 Å². The first-order chi connectivity index (χ1) is 7.06. The standard InChI is InChI=1S/C13H20N2/c1-9-4-10(2)6-12(5-9)11(3)15-7-13(14)8-15/h4-6,11,13H,7-8,14H2,1-3H3. The van der Waals surface area contributed by atoms with Crippen molar-refractivity contribution in [2.45, 2.75) is 32.9 Å². The van der Waals surface area contributed by atoms with E-state index in [1.54, 1.807) is 0 Å². The fourth-order valence-electron chi connectivity index (χ4n) is 2.33. The van der Waals surface area contributed by atoms with Gasteiger partial charge in [0.2, 0.25) is 0 Å². The van der Waals surface area contributed by atoms with Crippen LogP contribution in [0.5, 0.6) is 0 Å². The van der Waals surface area contributed by atoms with Crippen LogP contribution in [0, 0.1) is 13.8 Å². The predicted molar refractivity (Wildman–Crippen MR) is 63.9 cm³/mol. The predicted octanol–water partition coefficient (Wildman–Crippen LogP) is 2.01. The summed E-state index contributed by atoms with van der Waals surface area (Å²) in [6, 6.07) is 7.67. The highest BCUT2D eigenvalue weighted by Crippen LogP contribution is 2.26. The van der Waals surface area contributed by atoms with Gasteiger partial charge in [-0.15, -0.1) is 0 Å². The topological polar surface area (TPSA) is 29.3 Å². The van der Waals surface area contributed by atoms with E-state index in [1.807, 2.05) is 0 Å². The van der Waals surface area contributed by atoms with E-state index in [4.69, 9.17) is 5.73 Å². The zero-order valence-electron chi connectivity index (χ0n) is 9.83. The third kappa shape index (κ3) is 2.21. The number of nitrogens with zero attached hydrogens (tertiary/aromatic N) is 1. The number of likely N-dealkylation sites (tertiary alicyclic amines) is 1. The smallest absolute Gasteiger partial charge is 0.0321 e. The maximum atomic E-state index is 5.80. The Morgan fingerprint density at radius 3 is 2.20 bits per heavy atom. The average molecular weight is 204 g/mol. The average Bonchev–Trinajstić information content (AvgIpc) is 2.10. The molecule has 1 aliphatic heterocycles. The SMILES string of the molecule is Cc1cc(C)cc(C(C)N2CC(N)C2)c1. The van der Waals surface area contributed by atoms with Gasteiger partial charge in [-0.1, -0.05) is 29.3 Å². The van der Waals surface area contributed by atoms with E-state index in [0.717, 1.165) is 13.1 Å². The monoisotopic (exact) mass is 204 g/mol. The van der Waals surface area contributed by atoms with Gasteiger partial charge < -0.3 is 5.73 Å². The van der Waals surface area contributed by atoms with Crippen LogP contribution < -0.4 is 5.73 Å². The van der Waals surface area contributed by atoms with E-state index in [0.29, 0.717) is 12.1 Å². The lowest BCUT2D eigenvalue weighted by Crippen LogP contribution is -2.56. The van der Waals surface area contributed by atoms with E-state index in [2.05, 4.69) is 43.9 Å². The highest BCUT2D eigenvalue weighted by molar-refractivity contribution is 5.30. The second-order valence-electron chi connectivity index (χ2n) is 4.81. The number of benzene rings is 1. The maximum absolute atomic E-state index is 5.80. The van der Waals surface area contributed by atoms with Crippen molar-refractivity contribution >= 4 is 0 Å². The van der Waals surface area contributed by atoms with Gasteiger partial charge in [0.1, 0.15) is 0 Å². The minimum atomic E-state index is 0.387. The summed E-state index contributed by atoms with van der Waals surface area (Å²) in [6.07, 6.45) is 0. The van der Waals surface area contributed by atoms with Crippen LogP contribution in [0.1, 0.15) is 29.7 Å². The summed E-state index contributed by atoms with van der Waals surface area (Å²) < 4.78 is 0. The molecule has 0 saturated carbocycles. The van der Waals surface area contributed by atoms with Crippen LogP contribution in [0.3, 0.4) is 0 Å². The molecule has 15 heavy (non-hydrogen) atoms. The summed E-state index contributed by atoms with van der Waals surface area (Å²) in [7, 11) is 0. The first kappa shape index (κ1) is 10.7. The number of aryl methyl sites for hydroxylation is 2. The number of hydrogen-bond acceptors (Lipinski definition) is 2. The molecule has 2 nitrogen and oxygen atoms in total. The van der Waals surface area contributed by atoms with Gasteiger partial charge in [0, 0.05) is 25.2 Å². The number of hydrogen-bond donors (Lipinski definition) is 1. The molecule has 2 rings (SSSR count). The van der Waals surface area contributed by atoms with Crippen LogP contribution in [0.4, 0.5) is 0 Å². The minimum absolute atomic E-state index is 0.387. The molecule has 82 valence electrons. The Hall–Kier alpha value is -0.860. The summed E-state index contributed by atoms with van der Waals surface area (Å²) in [4.78, 5) is 2.43. The molecule has 2 N–H and O–H groups in total. The summed E-state index contributed by atoms with van der Waals surface area (Å²) in [5.41, 5.74) is 9.92. The molecule has 0 aliphatic carbocycles. The van der Waals surface area contributed by atoms with Crippen molar-refractivity contribution in [3.63, 3.8) is 0 Å². The maximum Gasteiger partial charge on any atom is 0.0321 e. The van der Waals surface area contributed by atoms with Gasteiger partial charge in [0.25, 0.3) is 0 Å². The lowest BCUT2D eigenvalue weighted by Gasteiger charge is -2.41. The zero-order chi connectivity index (χ0) is 11.0. The van der Waals surface area contributed by atoms with E-state index in [1.165, 1.54) is 16.7 Å². The van der Waals surface area contributed by atoms with E-state index in [9.17, 15) is 0 Å². The lowest BCUT2D eigenvalue weighted by atomic mass is 9.98. The Labute approximate surface area is 92.1 Å². The molecule has 1 fully saturated rings. The first-order valence-corrected chi connectivity index (χ1v) is 5.64. The highest BCUT2D eigenvalue weighted by Gasteiger charge is 2.27. The molecule has 2 heteroatoms. The summed E-state index contributed by atoms with van der Waals surface area (Å²) in [5.74, 6) is 0. The molecule has 1 heterocycles. The minimum Gasteiger partial charge on any atom is -0.325 e. The van der Waals surface area contributed by atoms with Gasteiger partial charge in [-0.25, -0.2) is 0 Å². The van der Waals surface area contributed by atoms with Crippen molar-refractivity contribution < 1.29 is 0 Å².